The zero-order valence-electron chi connectivity index (χ0n) is 13.5. The highest BCUT2D eigenvalue weighted by molar-refractivity contribution is 7.89. The standard InChI is InChI=1S/C18H20N2O3S/c1-2-23-17-10-11-18(15-8-4-3-7-14(15)17)24(21,22)20-16-9-5-6-13(16)12-19/h3-4,7-8,10-11,13,16,20H,2,5-6,9H2,1H3/t13-,16-/m1/s1. The minimum Gasteiger partial charge on any atom is -0.493 e. The van der Waals surface area contributed by atoms with Crippen molar-refractivity contribution in [1.82, 2.24) is 4.72 Å². The Balaban J connectivity index is 2.02. The molecule has 0 aromatic heterocycles. The van der Waals surface area contributed by atoms with Crippen molar-refractivity contribution in [2.75, 3.05) is 6.61 Å². The maximum atomic E-state index is 12.9. The minimum atomic E-state index is -3.70. The molecule has 0 unspecified atom stereocenters. The third-order valence-corrected chi connectivity index (χ3v) is 5.97. The number of sulfonamides is 1. The number of ether oxygens (including phenoxy) is 1. The lowest BCUT2D eigenvalue weighted by atomic mass is 10.1. The lowest BCUT2D eigenvalue weighted by molar-refractivity contribution is 0.344. The SMILES string of the molecule is CCOc1ccc(S(=O)(=O)N[C@@H]2CCC[C@@H]2C#N)c2ccccc12. The molecule has 5 nitrogen and oxygen atoms in total. The molecule has 0 saturated heterocycles. The summed E-state index contributed by atoms with van der Waals surface area (Å²) in [5.74, 6) is 0.413. The van der Waals surface area contributed by atoms with Crippen LogP contribution >= 0.6 is 0 Å². The van der Waals surface area contributed by atoms with Gasteiger partial charge in [0.2, 0.25) is 10.0 Å². The van der Waals surface area contributed by atoms with E-state index in [0.29, 0.717) is 24.2 Å². The summed E-state index contributed by atoms with van der Waals surface area (Å²) in [7, 11) is -3.70. The second-order valence-corrected chi connectivity index (χ2v) is 7.62. The predicted octanol–water partition coefficient (Wildman–Crippen LogP) is 3.21. The van der Waals surface area contributed by atoms with Gasteiger partial charge in [0.15, 0.2) is 0 Å². The fraction of sp³-hybridized carbons (Fsp3) is 0.389. The molecule has 0 amide bonds. The van der Waals surface area contributed by atoms with E-state index in [2.05, 4.69) is 10.8 Å². The molecular weight excluding hydrogens is 324 g/mol. The van der Waals surface area contributed by atoms with Gasteiger partial charge >= 0.3 is 0 Å². The normalized spacial score (nSPS) is 20.8. The van der Waals surface area contributed by atoms with Crippen LogP contribution < -0.4 is 9.46 Å². The van der Waals surface area contributed by atoms with E-state index in [4.69, 9.17) is 10.00 Å². The van der Waals surface area contributed by atoms with Gasteiger partial charge in [0.25, 0.3) is 0 Å². The Bertz CT molecular complexity index is 887. The lowest BCUT2D eigenvalue weighted by Crippen LogP contribution is -2.36. The fourth-order valence-electron chi connectivity index (χ4n) is 3.28. The first kappa shape index (κ1) is 16.7. The molecule has 1 aliphatic rings. The van der Waals surface area contributed by atoms with E-state index in [1.165, 1.54) is 0 Å². The summed E-state index contributed by atoms with van der Waals surface area (Å²) >= 11 is 0. The Labute approximate surface area is 142 Å². The van der Waals surface area contributed by atoms with E-state index < -0.39 is 10.0 Å². The molecule has 1 N–H and O–H groups in total. The molecule has 2 aromatic rings. The molecule has 126 valence electrons. The van der Waals surface area contributed by atoms with E-state index >= 15 is 0 Å². The van der Waals surface area contributed by atoms with Gasteiger partial charge in [-0.25, -0.2) is 13.1 Å². The van der Waals surface area contributed by atoms with Gasteiger partial charge in [-0.2, -0.15) is 5.26 Å². The molecule has 0 radical (unpaired) electrons. The quantitative estimate of drug-likeness (QED) is 0.903. The zero-order valence-corrected chi connectivity index (χ0v) is 14.3. The molecular formula is C18H20N2O3S. The first-order valence-corrected chi connectivity index (χ1v) is 9.61. The van der Waals surface area contributed by atoms with E-state index in [1.807, 2.05) is 25.1 Å². The van der Waals surface area contributed by atoms with Gasteiger partial charge in [-0.1, -0.05) is 30.7 Å². The summed E-state index contributed by atoms with van der Waals surface area (Å²) in [4.78, 5) is 0.227. The molecule has 24 heavy (non-hydrogen) atoms. The molecule has 0 aliphatic heterocycles. The van der Waals surface area contributed by atoms with E-state index in [0.717, 1.165) is 18.2 Å². The molecule has 0 spiro atoms. The van der Waals surface area contributed by atoms with Gasteiger partial charge in [-0.05, 0) is 31.9 Å². The summed E-state index contributed by atoms with van der Waals surface area (Å²) in [5.41, 5.74) is 0. The molecule has 2 atom stereocenters. The maximum absolute atomic E-state index is 12.9. The Morgan fingerprint density at radius 3 is 2.67 bits per heavy atom. The molecule has 6 heteroatoms. The van der Waals surface area contributed by atoms with Crippen molar-refractivity contribution in [2.24, 2.45) is 5.92 Å². The second kappa shape index (κ2) is 6.80. The summed E-state index contributed by atoms with van der Waals surface area (Å²) in [6.45, 7) is 2.41. The average Bonchev–Trinajstić information content (AvgIpc) is 3.01. The van der Waals surface area contributed by atoms with Gasteiger partial charge in [-0.3, -0.25) is 0 Å². The van der Waals surface area contributed by atoms with Crippen molar-refractivity contribution in [3.8, 4) is 11.8 Å². The number of hydrogen-bond acceptors (Lipinski definition) is 4. The average molecular weight is 344 g/mol. The fourth-order valence-corrected chi connectivity index (χ4v) is 4.80. The minimum absolute atomic E-state index is 0.227. The third kappa shape index (κ3) is 3.10. The molecule has 0 heterocycles. The van der Waals surface area contributed by atoms with Crippen LogP contribution in [0.15, 0.2) is 41.3 Å². The Kier molecular flexibility index (Phi) is 4.74. The van der Waals surface area contributed by atoms with E-state index in [9.17, 15) is 8.42 Å². The smallest absolute Gasteiger partial charge is 0.241 e. The zero-order chi connectivity index (χ0) is 17.2. The molecule has 3 rings (SSSR count). The van der Waals surface area contributed by atoms with Crippen LogP contribution in [0.1, 0.15) is 26.2 Å². The van der Waals surface area contributed by atoms with Crippen molar-refractivity contribution in [3.05, 3.63) is 36.4 Å². The Hall–Kier alpha value is -2.10. The van der Waals surface area contributed by atoms with E-state index in [-0.39, 0.29) is 16.9 Å². The van der Waals surface area contributed by atoms with Gasteiger partial charge < -0.3 is 4.74 Å². The number of benzene rings is 2. The third-order valence-electron chi connectivity index (χ3n) is 4.42. The van der Waals surface area contributed by atoms with Crippen LogP contribution in [-0.4, -0.2) is 21.1 Å². The highest BCUT2D eigenvalue weighted by Gasteiger charge is 2.32. The number of hydrogen-bond donors (Lipinski definition) is 1. The Morgan fingerprint density at radius 2 is 1.96 bits per heavy atom. The van der Waals surface area contributed by atoms with Crippen LogP contribution in [0.5, 0.6) is 5.75 Å². The van der Waals surface area contributed by atoms with Crippen molar-refractivity contribution in [2.45, 2.75) is 37.1 Å². The van der Waals surface area contributed by atoms with Gasteiger partial charge in [0.1, 0.15) is 5.75 Å². The monoisotopic (exact) mass is 344 g/mol. The van der Waals surface area contributed by atoms with Gasteiger partial charge in [0.05, 0.1) is 23.5 Å². The molecule has 2 aromatic carbocycles. The number of rotatable bonds is 5. The van der Waals surface area contributed by atoms with Crippen molar-refractivity contribution < 1.29 is 13.2 Å². The number of nitriles is 1. The first-order chi connectivity index (χ1) is 11.6. The van der Waals surface area contributed by atoms with Crippen LogP contribution in [0.3, 0.4) is 0 Å². The summed E-state index contributed by atoms with van der Waals surface area (Å²) in [5, 5.41) is 10.6. The summed E-state index contributed by atoms with van der Waals surface area (Å²) < 4.78 is 34.1. The van der Waals surface area contributed by atoms with Crippen LogP contribution in [0.4, 0.5) is 0 Å². The Morgan fingerprint density at radius 1 is 1.21 bits per heavy atom. The predicted molar refractivity (Wildman–Crippen MR) is 92.2 cm³/mol. The number of nitrogens with one attached hydrogen (secondary N) is 1. The topological polar surface area (TPSA) is 79.2 Å². The van der Waals surface area contributed by atoms with Crippen molar-refractivity contribution >= 4 is 20.8 Å². The largest absolute Gasteiger partial charge is 0.493 e. The summed E-state index contributed by atoms with van der Waals surface area (Å²) in [6.07, 6.45) is 2.32. The van der Waals surface area contributed by atoms with Crippen LogP contribution in [0.2, 0.25) is 0 Å². The molecule has 1 saturated carbocycles. The van der Waals surface area contributed by atoms with Crippen LogP contribution in [0.25, 0.3) is 10.8 Å². The lowest BCUT2D eigenvalue weighted by Gasteiger charge is -2.17. The highest BCUT2D eigenvalue weighted by atomic mass is 32.2. The van der Waals surface area contributed by atoms with E-state index in [1.54, 1.807) is 18.2 Å². The van der Waals surface area contributed by atoms with Crippen LogP contribution in [0, 0.1) is 17.2 Å². The summed E-state index contributed by atoms with van der Waals surface area (Å²) in [6, 6.07) is 12.5. The molecule has 1 fully saturated rings. The van der Waals surface area contributed by atoms with Crippen molar-refractivity contribution in [3.63, 3.8) is 0 Å². The van der Waals surface area contributed by atoms with Crippen molar-refractivity contribution in [1.29, 1.82) is 5.26 Å². The van der Waals surface area contributed by atoms with Gasteiger partial charge in [0, 0.05) is 16.8 Å². The highest BCUT2D eigenvalue weighted by Crippen LogP contribution is 2.32. The number of fused-ring (bicyclic) bond motifs is 1. The van der Waals surface area contributed by atoms with Gasteiger partial charge in [-0.15, -0.1) is 0 Å². The number of nitrogens with zero attached hydrogens (tertiary/aromatic N) is 1. The first-order valence-electron chi connectivity index (χ1n) is 8.13. The molecule has 0 bridgehead atoms. The molecule has 1 aliphatic carbocycles. The second-order valence-electron chi connectivity index (χ2n) is 5.93. The van der Waals surface area contributed by atoms with Crippen LogP contribution in [-0.2, 0) is 10.0 Å². The maximum Gasteiger partial charge on any atom is 0.241 e.